The minimum absolute atomic E-state index is 0.0228. The molecule has 2 N–H and O–H groups in total. The monoisotopic (exact) mass is 344 g/mol. The van der Waals surface area contributed by atoms with Crippen LogP contribution >= 0.6 is 0 Å². The smallest absolute Gasteiger partial charge is 0.224 e. The van der Waals surface area contributed by atoms with E-state index in [1.54, 1.807) is 0 Å². The molecule has 1 heterocycles. The number of hydrogen-bond acceptors (Lipinski definition) is 3. The molecule has 25 heavy (non-hydrogen) atoms. The molecule has 1 saturated heterocycles. The minimum Gasteiger partial charge on any atom is -0.494 e. The predicted molar refractivity (Wildman–Crippen MR) is 101 cm³/mol. The van der Waals surface area contributed by atoms with Crippen molar-refractivity contribution in [1.82, 2.24) is 10.6 Å². The average molecular weight is 344 g/mol. The molecule has 0 radical (unpaired) electrons. The van der Waals surface area contributed by atoms with Crippen LogP contribution in [-0.2, 0) is 4.79 Å². The van der Waals surface area contributed by atoms with E-state index in [0.717, 1.165) is 50.1 Å². The number of piperidine rings is 1. The van der Waals surface area contributed by atoms with Crippen LogP contribution in [0.25, 0.3) is 0 Å². The van der Waals surface area contributed by atoms with Crippen LogP contribution < -0.4 is 15.4 Å². The Kier molecular flexibility index (Phi) is 5.67. The summed E-state index contributed by atoms with van der Waals surface area (Å²) in [5, 5.41) is 6.76. The molecule has 1 aromatic rings. The van der Waals surface area contributed by atoms with E-state index in [9.17, 15) is 4.79 Å². The van der Waals surface area contributed by atoms with Crippen molar-refractivity contribution in [3.63, 3.8) is 0 Å². The van der Waals surface area contributed by atoms with Crippen LogP contribution in [0.2, 0.25) is 0 Å². The third kappa shape index (κ3) is 4.17. The van der Waals surface area contributed by atoms with Crippen LogP contribution in [0.5, 0.6) is 5.75 Å². The Morgan fingerprint density at radius 1 is 1.32 bits per heavy atom. The van der Waals surface area contributed by atoms with Crippen LogP contribution in [0.1, 0.15) is 58.1 Å². The summed E-state index contributed by atoms with van der Waals surface area (Å²) in [5.74, 6) is 1.83. The van der Waals surface area contributed by atoms with E-state index < -0.39 is 0 Å². The van der Waals surface area contributed by atoms with E-state index in [-0.39, 0.29) is 23.3 Å². The van der Waals surface area contributed by atoms with Gasteiger partial charge in [0, 0.05) is 11.5 Å². The second kappa shape index (κ2) is 7.77. The van der Waals surface area contributed by atoms with Crippen molar-refractivity contribution in [2.24, 2.45) is 17.3 Å². The highest BCUT2D eigenvalue weighted by atomic mass is 16.5. The van der Waals surface area contributed by atoms with Gasteiger partial charge in [0.1, 0.15) is 5.75 Å². The molecular formula is C21H32N2O2. The van der Waals surface area contributed by atoms with Gasteiger partial charge in [-0.05, 0) is 63.1 Å². The van der Waals surface area contributed by atoms with E-state index in [4.69, 9.17) is 4.74 Å². The molecule has 1 spiro atoms. The maximum atomic E-state index is 12.9. The van der Waals surface area contributed by atoms with E-state index in [2.05, 4.69) is 30.5 Å². The SMILES string of the molecule is CCOc1ccccc1C(CC(C)C)NC(=O)C1CC12CCNCC2. The van der Waals surface area contributed by atoms with Crippen molar-refractivity contribution in [3.8, 4) is 5.75 Å². The van der Waals surface area contributed by atoms with Crippen LogP contribution in [0, 0.1) is 17.3 Å². The Hall–Kier alpha value is -1.55. The molecule has 3 rings (SSSR count). The van der Waals surface area contributed by atoms with Gasteiger partial charge in [0.05, 0.1) is 12.6 Å². The quantitative estimate of drug-likeness (QED) is 0.793. The van der Waals surface area contributed by atoms with Gasteiger partial charge >= 0.3 is 0 Å². The average Bonchev–Trinajstić information content (AvgIpc) is 3.28. The Balaban J connectivity index is 1.72. The number of carbonyl (C=O) groups is 1. The summed E-state index contributed by atoms with van der Waals surface area (Å²) in [4.78, 5) is 12.9. The van der Waals surface area contributed by atoms with Gasteiger partial charge in [-0.2, -0.15) is 0 Å². The van der Waals surface area contributed by atoms with Crippen molar-refractivity contribution in [2.75, 3.05) is 19.7 Å². The Morgan fingerprint density at radius 3 is 2.72 bits per heavy atom. The molecule has 1 saturated carbocycles. The fourth-order valence-electron chi connectivity index (χ4n) is 4.26. The molecular weight excluding hydrogens is 312 g/mol. The van der Waals surface area contributed by atoms with Gasteiger partial charge in [0.15, 0.2) is 0 Å². The Bertz CT molecular complexity index is 593. The molecule has 2 aliphatic rings. The second-order valence-corrected chi connectivity index (χ2v) is 8.03. The molecule has 4 heteroatoms. The first-order chi connectivity index (χ1) is 12.1. The lowest BCUT2D eigenvalue weighted by molar-refractivity contribution is -0.124. The number of carbonyl (C=O) groups excluding carboxylic acids is 1. The van der Waals surface area contributed by atoms with Gasteiger partial charge < -0.3 is 15.4 Å². The summed E-state index contributed by atoms with van der Waals surface area (Å²) >= 11 is 0. The van der Waals surface area contributed by atoms with E-state index in [1.165, 1.54) is 0 Å². The molecule has 1 amide bonds. The molecule has 0 aromatic heterocycles. The standard InChI is InChI=1S/C21H32N2O2/c1-4-25-19-8-6-5-7-16(19)18(13-15(2)3)23-20(24)17-14-21(17)9-11-22-12-10-21/h5-8,15,17-18,22H,4,9-14H2,1-3H3,(H,23,24). The molecule has 0 bridgehead atoms. The van der Waals surface area contributed by atoms with Gasteiger partial charge in [-0.25, -0.2) is 0 Å². The molecule has 2 fully saturated rings. The van der Waals surface area contributed by atoms with Crippen molar-refractivity contribution < 1.29 is 9.53 Å². The highest BCUT2D eigenvalue weighted by Crippen LogP contribution is 2.58. The van der Waals surface area contributed by atoms with Gasteiger partial charge in [-0.1, -0.05) is 32.0 Å². The predicted octanol–water partition coefficient (Wildman–Crippen LogP) is 3.68. The van der Waals surface area contributed by atoms with Crippen LogP contribution in [0.15, 0.2) is 24.3 Å². The number of ether oxygens (including phenoxy) is 1. The highest BCUT2D eigenvalue weighted by molar-refractivity contribution is 5.83. The number of amides is 1. The zero-order valence-electron chi connectivity index (χ0n) is 15.8. The molecule has 1 aliphatic carbocycles. The van der Waals surface area contributed by atoms with Crippen LogP contribution in [-0.4, -0.2) is 25.6 Å². The Labute approximate surface area is 151 Å². The van der Waals surface area contributed by atoms with Crippen molar-refractivity contribution in [3.05, 3.63) is 29.8 Å². The lowest BCUT2D eigenvalue weighted by atomic mass is 9.91. The van der Waals surface area contributed by atoms with Gasteiger partial charge in [-0.3, -0.25) is 4.79 Å². The number of hydrogen-bond donors (Lipinski definition) is 2. The van der Waals surface area contributed by atoms with E-state index in [1.807, 2.05) is 25.1 Å². The first kappa shape index (κ1) is 18.2. The lowest BCUT2D eigenvalue weighted by Gasteiger charge is -2.26. The third-order valence-electron chi connectivity index (χ3n) is 5.72. The van der Waals surface area contributed by atoms with Gasteiger partial charge in [0.2, 0.25) is 5.91 Å². The van der Waals surface area contributed by atoms with Crippen molar-refractivity contribution in [1.29, 1.82) is 0 Å². The molecule has 4 nitrogen and oxygen atoms in total. The topological polar surface area (TPSA) is 50.4 Å². The number of benzene rings is 1. The molecule has 2 unspecified atom stereocenters. The molecule has 1 aliphatic heterocycles. The summed E-state index contributed by atoms with van der Waals surface area (Å²) in [6.45, 7) is 9.14. The first-order valence-corrected chi connectivity index (χ1v) is 9.78. The first-order valence-electron chi connectivity index (χ1n) is 9.78. The molecule has 138 valence electrons. The van der Waals surface area contributed by atoms with Crippen molar-refractivity contribution >= 4 is 5.91 Å². The summed E-state index contributed by atoms with van der Waals surface area (Å²) in [6.07, 6.45) is 4.25. The summed E-state index contributed by atoms with van der Waals surface area (Å²) in [7, 11) is 0. The highest BCUT2D eigenvalue weighted by Gasteiger charge is 2.57. The zero-order valence-corrected chi connectivity index (χ0v) is 15.8. The Morgan fingerprint density at radius 2 is 2.04 bits per heavy atom. The molecule has 2 atom stereocenters. The van der Waals surface area contributed by atoms with Gasteiger partial charge in [-0.15, -0.1) is 0 Å². The number of para-hydroxylation sites is 1. The second-order valence-electron chi connectivity index (χ2n) is 8.03. The summed E-state index contributed by atoms with van der Waals surface area (Å²) in [6, 6.07) is 8.14. The van der Waals surface area contributed by atoms with Crippen LogP contribution in [0.3, 0.4) is 0 Å². The van der Waals surface area contributed by atoms with Crippen LogP contribution in [0.4, 0.5) is 0 Å². The zero-order chi connectivity index (χ0) is 17.9. The molecule has 1 aromatic carbocycles. The summed E-state index contributed by atoms with van der Waals surface area (Å²) < 4.78 is 5.81. The fraction of sp³-hybridized carbons (Fsp3) is 0.667. The van der Waals surface area contributed by atoms with Crippen molar-refractivity contribution in [2.45, 2.75) is 52.5 Å². The fourth-order valence-corrected chi connectivity index (χ4v) is 4.26. The van der Waals surface area contributed by atoms with E-state index in [0.29, 0.717) is 12.5 Å². The normalized spacial score (nSPS) is 22.6. The maximum absolute atomic E-state index is 12.9. The minimum atomic E-state index is 0.0228. The largest absolute Gasteiger partial charge is 0.494 e. The van der Waals surface area contributed by atoms with E-state index >= 15 is 0 Å². The lowest BCUT2D eigenvalue weighted by Crippen LogP contribution is -2.35. The number of nitrogens with one attached hydrogen (secondary N) is 2. The van der Waals surface area contributed by atoms with Gasteiger partial charge in [0.25, 0.3) is 0 Å². The summed E-state index contributed by atoms with van der Waals surface area (Å²) in [5.41, 5.74) is 1.38. The third-order valence-corrected chi connectivity index (χ3v) is 5.72. The number of rotatable bonds is 7. The maximum Gasteiger partial charge on any atom is 0.224 e.